The van der Waals surface area contributed by atoms with Crippen LogP contribution < -0.4 is 16.6 Å². The molecule has 0 radical (unpaired) electrons. The van der Waals surface area contributed by atoms with E-state index in [0.29, 0.717) is 11.8 Å². The smallest absolute Gasteiger partial charge is 0.320 e. The third kappa shape index (κ3) is 4.07. The second kappa shape index (κ2) is 7.51. The van der Waals surface area contributed by atoms with Gasteiger partial charge in [-0.15, -0.1) is 0 Å². The first-order valence-electron chi connectivity index (χ1n) is 6.74. The Morgan fingerprint density at radius 3 is 2.36 bits per heavy atom. The number of halogens is 4. The van der Waals surface area contributed by atoms with Crippen LogP contribution in [0.15, 0.2) is 20.7 Å². The number of anilines is 1. The topological polar surface area (TPSA) is 108 Å². The van der Waals surface area contributed by atoms with E-state index in [1.165, 1.54) is 6.92 Å². The lowest BCUT2D eigenvalue weighted by molar-refractivity contribution is -0.115. The van der Waals surface area contributed by atoms with Crippen molar-refractivity contribution in [1.29, 1.82) is 0 Å². The zero-order chi connectivity index (χ0) is 18.7. The molecule has 0 spiro atoms. The first kappa shape index (κ1) is 18.7. The molecular weight excluding hydrogens is 368 g/mol. The van der Waals surface area contributed by atoms with Crippen molar-refractivity contribution in [2.75, 3.05) is 5.32 Å². The molecule has 12 heteroatoms. The molecule has 1 heterocycles. The van der Waals surface area contributed by atoms with E-state index in [2.05, 4.69) is 5.10 Å². The normalized spacial score (nSPS) is 12.0. The second-order valence-corrected chi connectivity index (χ2v) is 5.85. The van der Waals surface area contributed by atoms with E-state index in [9.17, 15) is 31.9 Å². The van der Waals surface area contributed by atoms with Gasteiger partial charge in [-0.05, 0) is 6.42 Å². The molecule has 0 aliphatic heterocycles. The Bertz CT molecular complexity index is 904. The SMILES string of the molecule is CC[C@@H](Sc1n[nH]c(=O)[nH]c1=O)C(=O)Nc1c(F)c(F)cc(F)c1F. The Labute approximate surface area is 140 Å². The molecule has 0 aliphatic rings. The van der Waals surface area contributed by atoms with Crippen LogP contribution in [0, 0.1) is 23.3 Å². The average molecular weight is 378 g/mol. The Balaban J connectivity index is 2.27. The largest absolute Gasteiger partial charge is 0.342 e. The van der Waals surface area contributed by atoms with E-state index in [4.69, 9.17) is 0 Å². The van der Waals surface area contributed by atoms with Gasteiger partial charge in [0.05, 0.1) is 5.25 Å². The maximum absolute atomic E-state index is 13.6. The van der Waals surface area contributed by atoms with E-state index in [1.807, 2.05) is 10.1 Å². The quantitative estimate of drug-likeness (QED) is 0.415. The Morgan fingerprint density at radius 2 is 1.84 bits per heavy atom. The average Bonchev–Trinajstić information content (AvgIpc) is 2.56. The van der Waals surface area contributed by atoms with Gasteiger partial charge in [-0.25, -0.2) is 27.5 Å². The van der Waals surface area contributed by atoms with E-state index in [-0.39, 0.29) is 17.5 Å². The number of nitrogens with zero attached hydrogens (tertiary/aromatic N) is 1. The number of thioether (sulfide) groups is 1. The highest BCUT2D eigenvalue weighted by Gasteiger charge is 2.25. The predicted octanol–water partition coefficient (Wildman–Crippen LogP) is 1.52. The number of nitrogens with one attached hydrogen (secondary N) is 3. The summed E-state index contributed by atoms with van der Waals surface area (Å²) in [6.07, 6.45) is 0.0811. The monoisotopic (exact) mass is 378 g/mol. The second-order valence-electron chi connectivity index (χ2n) is 4.66. The molecule has 25 heavy (non-hydrogen) atoms. The maximum atomic E-state index is 13.6. The van der Waals surface area contributed by atoms with Crippen LogP contribution in [0.4, 0.5) is 23.2 Å². The molecule has 0 unspecified atom stereocenters. The highest BCUT2D eigenvalue weighted by molar-refractivity contribution is 8.00. The van der Waals surface area contributed by atoms with Crippen molar-refractivity contribution < 1.29 is 22.4 Å². The van der Waals surface area contributed by atoms with Crippen molar-refractivity contribution >= 4 is 23.4 Å². The van der Waals surface area contributed by atoms with E-state index >= 15 is 0 Å². The highest BCUT2D eigenvalue weighted by Crippen LogP contribution is 2.27. The van der Waals surface area contributed by atoms with Crippen LogP contribution in [-0.4, -0.2) is 26.3 Å². The number of carbonyl (C=O) groups excluding carboxylic acids is 1. The molecule has 1 aromatic carbocycles. The van der Waals surface area contributed by atoms with Crippen molar-refractivity contribution in [3.05, 3.63) is 50.2 Å². The number of hydrogen-bond acceptors (Lipinski definition) is 5. The van der Waals surface area contributed by atoms with Crippen molar-refractivity contribution in [2.45, 2.75) is 23.6 Å². The lowest BCUT2D eigenvalue weighted by Gasteiger charge is -2.15. The Hall–Kier alpha value is -2.63. The molecule has 7 nitrogen and oxygen atoms in total. The molecule has 1 aromatic heterocycles. The first-order valence-corrected chi connectivity index (χ1v) is 7.62. The number of carbonyl (C=O) groups is 1. The van der Waals surface area contributed by atoms with Crippen LogP contribution in [0.25, 0.3) is 0 Å². The highest BCUT2D eigenvalue weighted by atomic mass is 32.2. The van der Waals surface area contributed by atoms with Crippen molar-refractivity contribution in [3.8, 4) is 0 Å². The minimum absolute atomic E-state index is 0.0101. The standard InChI is InChI=1S/C13H10F4N4O3S/c1-2-6(25-12-11(23)19-13(24)21-20-12)10(22)18-9-7(16)4(14)3-5(15)8(9)17/h3,6H,2H2,1H3,(H,18,22)(H2,19,21,23,24)/t6-/m1/s1. The summed E-state index contributed by atoms with van der Waals surface area (Å²) in [5.41, 5.74) is -3.00. The molecule has 0 fully saturated rings. The fraction of sp³-hybridized carbons (Fsp3) is 0.231. The Kier molecular flexibility index (Phi) is 5.62. The first-order chi connectivity index (χ1) is 11.7. The van der Waals surface area contributed by atoms with Gasteiger partial charge in [-0.3, -0.25) is 14.6 Å². The number of rotatable bonds is 5. The zero-order valence-corrected chi connectivity index (χ0v) is 13.3. The minimum atomic E-state index is -1.76. The van der Waals surface area contributed by atoms with Crippen LogP contribution in [0.3, 0.4) is 0 Å². The van der Waals surface area contributed by atoms with Gasteiger partial charge >= 0.3 is 5.69 Å². The number of H-pyrrole nitrogens is 2. The lowest BCUT2D eigenvalue weighted by Crippen LogP contribution is -2.29. The number of aromatic amines is 2. The van der Waals surface area contributed by atoms with E-state index in [0.717, 1.165) is 0 Å². The molecule has 0 saturated heterocycles. The van der Waals surface area contributed by atoms with Gasteiger partial charge in [0.1, 0.15) is 5.69 Å². The third-order valence-corrected chi connectivity index (χ3v) is 4.29. The zero-order valence-electron chi connectivity index (χ0n) is 12.5. The fourth-order valence-electron chi connectivity index (χ4n) is 1.76. The molecule has 0 saturated carbocycles. The summed E-state index contributed by atoms with van der Waals surface area (Å²) in [4.78, 5) is 36.5. The van der Waals surface area contributed by atoms with Crippen LogP contribution in [-0.2, 0) is 4.79 Å². The number of hydrogen-bond donors (Lipinski definition) is 3. The number of amides is 1. The van der Waals surface area contributed by atoms with Gasteiger partial charge in [0.25, 0.3) is 5.56 Å². The van der Waals surface area contributed by atoms with Crippen LogP contribution in [0.2, 0.25) is 0 Å². The van der Waals surface area contributed by atoms with Gasteiger partial charge in [-0.1, -0.05) is 18.7 Å². The summed E-state index contributed by atoms with van der Waals surface area (Å²) in [6.45, 7) is 1.52. The summed E-state index contributed by atoms with van der Waals surface area (Å²) in [5, 5.41) is 5.82. The molecule has 2 aromatic rings. The van der Waals surface area contributed by atoms with E-state index < -0.39 is 51.4 Å². The van der Waals surface area contributed by atoms with E-state index in [1.54, 1.807) is 5.32 Å². The molecule has 1 amide bonds. The summed E-state index contributed by atoms with van der Waals surface area (Å²) in [6, 6.07) is 0.0101. The van der Waals surface area contributed by atoms with Gasteiger partial charge in [0.2, 0.25) is 5.91 Å². The summed E-state index contributed by atoms with van der Waals surface area (Å²) >= 11 is 0.602. The lowest BCUT2D eigenvalue weighted by atomic mass is 10.2. The van der Waals surface area contributed by atoms with Crippen molar-refractivity contribution in [1.82, 2.24) is 15.2 Å². The molecule has 134 valence electrons. The fourth-order valence-corrected chi connectivity index (χ4v) is 2.62. The van der Waals surface area contributed by atoms with Gasteiger partial charge < -0.3 is 5.32 Å². The van der Waals surface area contributed by atoms with Crippen LogP contribution in [0.1, 0.15) is 13.3 Å². The van der Waals surface area contributed by atoms with Gasteiger partial charge in [-0.2, -0.15) is 5.10 Å². The van der Waals surface area contributed by atoms with Gasteiger partial charge in [0.15, 0.2) is 28.3 Å². The number of benzene rings is 1. The summed E-state index contributed by atoms with van der Waals surface area (Å²) < 4.78 is 53.5. The predicted molar refractivity (Wildman–Crippen MR) is 80.3 cm³/mol. The third-order valence-electron chi connectivity index (χ3n) is 2.96. The maximum Gasteiger partial charge on any atom is 0.342 e. The minimum Gasteiger partial charge on any atom is -0.320 e. The molecule has 1 atom stereocenters. The molecule has 2 rings (SSSR count). The van der Waals surface area contributed by atoms with Crippen molar-refractivity contribution in [3.63, 3.8) is 0 Å². The van der Waals surface area contributed by atoms with Gasteiger partial charge in [0, 0.05) is 6.07 Å². The number of aromatic nitrogens is 3. The summed E-state index contributed by atoms with van der Waals surface area (Å²) in [7, 11) is 0. The molecule has 3 N–H and O–H groups in total. The van der Waals surface area contributed by atoms with Crippen LogP contribution >= 0.6 is 11.8 Å². The Morgan fingerprint density at radius 1 is 1.24 bits per heavy atom. The molecular formula is C13H10F4N4O3S. The van der Waals surface area contributed by atoms with Crippen LogP contribution in [0.5, 0.6) is 0 Å². The van der Waals surface area contributed by atoms with Crippen molar-refractivity contribution in [2.24, 2.45) is 0 Å². The molecule has 0 aliphatic carbocycles. The summed E-state index contributed by atoms with van der Waals surface area (Å²) in [5.74, 6) is -7.87. The molecule has 0 bridgehead atoms.